The van der Waals surface area contributed by atoms with Gasteiger partial charge in [0, 0.05) is 10.4 Å². The lowest BCUT2D eigenvalue weighted by atomic mass is 9.91. The number of hydrogen-bond acceptors (Lipinski definition) is 6. The van der Waals surface area contributed by atoms with Crippen molar-refractivity contribution in [1.29, 1.82) is 21.0 Å². The lowest BCUT2D eigenvalue weighted by Gasteiger charge is -2.15. The van der Waals surface area contributed by atoms with E-state index in [1.165, 1.54) is 50.2 Å². The van der Waals surface area contributed by atoms with Gasteiger partial charge in [-0.3, -0.25) is 0 Å². The van der Waals surface area contributed by atoms with Gasteiger partial charge in [0.1, 0.15) is 46.9 Å². The van der Waals surface area contributed by atoms with E-state index >= 15 is 0 Å². The van der Waals surface area contributed by atoms with Crippen LogP contribution in [0.3, 0.4) is 0 Å². The monoisotopic (exact) mass is 552 g/mol. The summed E-state index contributed by atoms with van der Waals surface area (Å²) in [6.45, 7) is 2.68. The largest absolute Gasteiger partial charge is 0.573 e. The summed E-state index contributed by atoms with van der Waals surface area (Å²) in [4.78, 5) is 0. The number of alkyl halides is 6. The van der Waals surface area contributed by atoms with E-state index in [4.69, 9.17) is 0 Å². The molecule has 0 saturated carbocycles. The van der Waals surface area contributed by atoms with Crippen molar-refractivity contribution in [2.75, 3.05) is 0 Å². The Kier molecular flexibility index (Phi) is 8.08. The zero-order valence-electron chi connectivity index (χ0n) is 20.5. The van der Waals surface area contributed by atoms with E-state index in [2.05, 4.69) is 9.47 Å². The summed E-state index contributed by atoms with van der Waals surface area (Å²) < 4.78 is 84.4. The van der Waals surface area contributed by atoms with Crippen molar-refractivity contribution in [2.24, 2.45) is 0 Å². The van der Waals surface area contributed by atoms with Gasteiger partial charge in [0.05, 0.1) is 0 Å². The van der Waals surface area contributed by atoms with Gasteiger partial charge < -0.3 is 9.47 Å². The van der Waals surface area contributed by atoms with Crippen LogP contribution in [-0.2, 0) is 0 Å². The number of rotatable bonds is 4. The third kappa shape index (κ3) is 6.51. The van der Waals surface area contributed by atoms with Gasteiger partial charge in [-0.05, 0) is 83.6 Å². The predicted molar refractivity (Wildman–Crippen MR) is 129 cm³/mol. The van der Waals surface area contributed by atoms with Crippen LogP contribution in [0.1, 0.15) is 11.1 Å². The molecule has 0 atom stereocenters. The van der Waals surface area contributed by atoms with Crippen LogP contribution in [0.2, 0.25) is 0 Å². The molecule has 0 unspecified atom stereocenters. The van der Waals surface area contributed by atoms with Gasteiger partial charge in [0.15, 0.2) is 0 Å². The molecule has 0 bridgehead atoms. The Balaban J connectivity index is 2.42. The quantitative estimate of drug-likeness (QED) is 0.377. The maximum Gasteiger partial charge on any atom is 0.573 e. The van der Waals surface area contributed by atoms with Gasteiger partial charge in [-0.2, -0.15) is 21.0 Å². The van der Waals surface area contributed by atoms with Crippen molar-refractivity contribution in [1.82, 2.24) is 0 Å². The van der Waals surface area contributed by atoms with Crippen LogP contribution in [0, 0.1) is 59.2 Å². The van der Waals surface area contributed by atoms with E-state index in [9.17, 15) is 47.4 Å². The zero-order valence-corrected chi connectivity index (χ0v) is 20.5. The van der Waals surface area contributed by atoms with Crippen LogP contribution in [-0.4, -0.2) is 12.7 Å². The lowest BCUT2D eigenvalue weighted by Crippen LogP contribution is -2.20. The molecule has 12 heteroatoms. The first-order valence-electron chi connectivity index (χ1n) is 11.0. The van der Waals surface area contributed by atoms with Crippen LogP contribution >= 0.6 is 0 Å². The fourth-order valence-corrected chi connectivity index (χ4v) is 3.89. The van der Waals surface area contributed by atoms with Crippen molar-refractivity contribution in [3.05, 3.63) is 70.1 Å². The van der Waals surface area contributed by atoms with E-state index in [0.29, 0.717) is 0 Å². The second-order valence-electron chi connectivity index (χ2n) is 8.20. The topological polar surface area (TPSA) is 114 Å². The predicted octanol–water partition coefficient (Wildman–Crippen LogP) is 5.83. The van der Waals surface area contributed by atoms with Crippen molar-refractivity contribution < 1.29 is 35.8 Å². The standard InChI is InChI=1S/C28H14F6N4O2/c1-15-7-17(3-5-25(15)39-27(29,30)31)21-9-24(20(13-37)14-38)22(10-23(21)19(11-35)12-36)18-4-6-26(16(2)8-18)40-28(32,33)34/h3-10H,1-2H3. The fraction of sp³-hybridized carbons (Fsp3) is 0.143. The van der Waals surface area contributed by atoms with Crippen LogP contribution < -0.4 is 19.9 Å². The first-order chi connectivity index (χ1) is 18.7. The number of halogens is 6. The SMILES string of the molecule is Cc1cc(-c2cc(=C(C#N)C#N)c(-c3ccc(OC(F)(F)F)c(C)c3)cc2=C(C#N)C#N)ccc1OC(F)(F)F. The van der Waals surface area contributed by atoms with Gasteiger partial charge in [-0.1, -0.05) is 12.1 Å². The molecule has 40 heavy (non-hydrogen) atoms. The average molecular weight is 552 g/mol. The van der Waals surface area contributed by atoms with E-state index in [0.717, 1.165) is 12.1 Å². The van der Waals surface area contributed by atoms with Gasteiger partial charge in [0.2, 0.25) is 0 Å². The highest BCUT2D eigenvalue weighted by atomic mass is 19.4. The van der Waals surface area contributed by atoms with E-state index < -0.39 is 35.4 Å². The molecular weight excluding hydrogens is 538 g/mol. The van der Waals surface area contributed by atoms with Crippen LogP contribution in [0.15, 0.2) is 48.5 Å². The smallest absolute Gasteiger partial charge is 0.406 e. The van der Waals surface area contributed by atoms with Gasteiger partial charge in [0.25, 0.3) is 0 Å². The number of aryl methyl sites for hydroxylation is 2. The highest BCUT2D eigenvalue weighted by Gasteiger charge is 2.32. The molecule has 0 aliphatic rings. The minimum absolute atomic E-state index is 0.0103. The molecule has 0 spiro atoms. The normalized spacial score (nSPS) is 10.9. The second-order valence-corrected chi connectivity index (χ2v) is 8.20. The minimum atomic E-state index is -4.95. The summed E-state index contributed by atoms with van der Waals surface area (Å²) in [7, 11) is 0. The molecule has 0 heterocycles. The molecule has 3 aromatic rings. The molecule has 200 valence electrons. The number of nitriles is 4. The summed E-state index contributed by atoms with van der Waals surface area (Å²) in [5.41, 5.74) is 0.0485. The van der Waals surface area contributed by atoms with Crippen LogP contribution in [0.25, 0.3) is 33.4 Å². The van der Waals surface area contributed by atoms with Crippen molar-refractivity contribution in [3.63, 3.8) is 0 Å². The molecule has 6 nitrogen and oxygen atoms in total. The number of benzene rings is 3. The first kappa shape index (κ1) is 29.1. The first-order valence-corrected chi connectivity index (χ1v) is 11.0. The molecule has 3 rings (SSSR count). The summed E-state index contributed by atoms with van der Waals surface area (Å²) in [5, 5.41) is 38.5. The Morgan fingerprint density at radius 3 is 1.15 bits per heavy atom. The molecule has 0 aromatic heterocycles. The second kappa shape index (κ2) is 11.1. The maximum atomic E-state index is 12.7. The van der Waals surface area contributed by atoms with Gasteiger partial charge in [-0.15, -0.1) is 26.3 Å². The Bertz CT molecular complexity index is 1630. The number of hydrogen-bond donors (Lipinski definition) is 0. The van der Waals surface area contributed by atoms with Crippen molar-refractivity contribution in [3.8, 4) is 58.0 Å². The Morgan fingerprint density at radius 1 is 0.575 bits per heavy atom. The van der Waals surface area contributed by atoms with Gasteiger partial charge >= 0.3 is 12.7 Å². The highest BCUT2D eigenvalue weighted by molar-refractivity contribution is 5.85. The van der Waals surface area contributed by atoms with E-state index in [-0.39, 0.29) is 43.8 Å². The van der Waals surface area contributed by atoms with Crippen LogP contribution in [0.4, 0.5) is 26.3 Å². The molecule has 0 fully saturated rings. The number of ether oxygens (including phenoxy) is 2. The minimum Gasteiger partial charge on any atom is -0.406 e. The fourth-order valence-electron chi connectivity index (χ4n) is 3.89. The van der Waals surface area contributed by atoms with Gasteiger partial charge in [-0.25, -0.2) is 0 Å². The van der Waals surface area contributed by atoms with Crippen molar-refractivity contribution in [2.45, 2.75) is 26.6 Å². The van der Waals surface area contributed by atoms with Crippen LogP contribution in [0.5, 0.6) is 11.5 Å². The zero-order chi connectivity index (χ0) is 29.8. The Labute approximate surface area is 223 Å². The molecule has 0 saturated heterocycles. The molecule has 0 aliphatic carbocycles. The average Bonchev–Trinajstić information content (AvgIpc) is 2.87. The molecular formula is C28H14F6N4O2. The molecule has 0 amide bonds. The highest BCUT2D eigenvalue weighted by Crippen LogP contribution is 2.31. The summed E-state index contributed by atoms with van der Waals surface area (Å²) in [5.74, 6) is -0.977. The van der Waals surface area contributed by atoms with E-state index in [1.54, 1.807) is 24.3 Å². The van der Waals surface area contributed by atoms with Crippen molar-refractivity contribution >= 4 is 11.1 Å². The Morgan fingerprint density at radius 2 is 0.900 bits per heavy atom. The molecule has 0 N–H and O–H groups in total. The molecule has 0 radical (unpaired) electrons. The third-order valence-corrected chi connectivity index (χ3v) is 5.57. The Hall–Kier alpha value is -5.46. The summed E-state index contributed by atoms with van der Waals surface area (Å²) >= 11 is 0. The summed E-state index contributed by atoms with van der Waals surface area (Å²) in [6.07, 6.45) is -9.89. The maximum absolute atomic E-state index is 12.7. The number of nitrogens with zero attached hydrogens (tertiary/aromatic N) is 4. The lowest BCUT2D eigenvalue weighted by molar-refractivity contribution is -0.275. The molecule has 0 aliphatic heterocycles. The van der Waals surface area contributed by atoms with E-state index in [1.807, 2.05) is 0 Å². The molecule has 3 aromatic carbocycles. The summed E-state index contributed by atoms with van der Waals surface area (Å²) in [6, 6.07) is 16.8. The third-order valence-electron chi connectivity index (χ3n) is 5.57.